The zero-order chi connectivity index (χ0) is 15.6. The number of phenols is 1. The fourth-order valence-corrected chi connectivity index (χ4v) is 2.18. The number of phenolic OH excluding ortho intramolecular Hbond substituents is 1. The highest BCUT2D eigenvalue weighted by molar-refractivity contribution is 6.31. The molecular formula is C15H13ClF3NO. The van der Waals surface area contributed by atoms with E-state index in [2.05, 4.69) is 5.32 Å². The fraction of sp³-hybridized carbons (Fsp3) is 0.200. The molecule has 6 heteroatoms. The van der Waals surface area contributed by atoms with Gasteiger partial charge in [0.1, 0.15) is 5.75 Å². The lowest BCUT2D eigenvalue weighted by Crippen LogP contribution is -2.08. The summed E-state index contributed by atoms with van der Waals surface area (Å²) in [6.45, 7) is 2.04. The molecule has 0 fully saturated rings. The third-order valence-electron chi connectivity index (χ3n) is 3.13. The number of anilines is 1. The highest BCUT2D eigenvalue weighted by Crippen LogP contribution is 2.36. The van der Waals surface area contributed by atoms with Crippen LogP contribution in [0.4, 0.5) is 18.9 Å². The third kappa shape index (κ3) is 3.61. The zero-order valence-corrected chi connectivity index (χ0v) is 11.9. The van der Waals surface area contributed by atoms with Crippen LogP contribution in [0.25, 0.3) is 0 Å². The summed E-state index contributed by atoms with van der Waals surface area (Å²) in [4.78, 5) is 0. The molecule has 0 aliphatic carbocycles. The first kappa shape index (κ1) is 15.5. The highest BCUT2D eigenvalue weighted by Gasteiger charge is 2.33. The van der Waals surface area contributed by atoms with Crippen molar-refractivity contribution in [2.24, 2.45) is 0 Å². The van der Waals surface area contributed by atoms with Crippen LogP contribution in [0.15, 0.2) is 36.4 Å². The van der Waals surface area contributed by atoms with Gasteiger partial charge in [0.25, 0.3) is 0 Å². The molecule has 0 bridgehead atoms. The van der Waals surface area contributed by atoms with Crippen molar-refractivity contribution >= 4 is 17.3 Å². The Labute approximate surface area is 125 Å². The van der Waals surface area contributed by atoms with E-state index in [9.17, 15) is 18.3 Å². The van der Waals surface area contributed by atoms with Crippen LogP contribution < -0.4 is 5.32 Å². The van der Waals surface area contributed by atoms with Crippen molar-refractivity contribution in [3.05, 3.63) is 58.1 Å². The largest absolute Gasteiger partial charge is 0.508 e. The van der Waals surface area contributed by atoms with Crippen molar-refractivity contribution < 1.29 is 18.3 Å². The second kappa shape index (κ2) is 5.85. The van der Waals surface area contributed by atoms with Crippen LogP contribution in [0.1, 0.15) is 16.7 Å². The quantitative estimate of drug-likeness (QED) is 0.836. The second-order valence-corrected chi connectivity index (χ2v) is 5.03. The van der Waals surface area contributed by atoms with Gasteiger partial charge >= 0.3 is 6.18 Å². The smallest absolute Gasteiger partial charge is 0.417 e. The number of halogens is 4. The van der Waals surface area contributed by atoms with Crippen LogP contribution in [0.2, 0.25) is 5.02 Å². The first-order valence-electron chi connectivity index (χ1n) is 6.17. The Morgan fingerprint density at radius 3 is 2.52 bits per heavy atom. The van der Waals surface area contributed by atoms with Crippen LogP contribution >= 0.6 is 11.6 Å². The molecule has 112 valence electrons. The summed E-state index contributed by atoms with van der Waals surface area (Å²) in [6.07, 6.45) is -4.50. The summed E-state index contributed by atoms with van der Waals surface area (Å²) in [5.41, 5.74) is 0.895. The monoisotopic (exact) mass is 315 g/mol. The van der Waals surface area contributed by atoms with E-state index >= 15 is 0 Å². The molecule has 0 spiro atoms. The molecule has 2 rings (SSSR count). The first-order valence-corrected chi connectivity index (χ1v) is 6.55. The van der Waals surface area contributed by atoms with E-state index in [1.165, 1.54) is 18.2 Å². The first-order chi connectivity index (χ1) is 9.79. The van der Waals surface area contributed by atoms with Crippen molar-refractivity contribution in [3.63, 3.8) is 0 Å². The molecule has 0 aromatic heterocycles. The fourth-order valence-electron chi connectivity index (χ4n) is 1.96. The standard InChI is InChI=1S/C15H13ClF3NO/c1-9-3-2-4-14(21)11(9)8-20-10-5-6-13(16)12(7-10)15(17,18)19/h2-7,20-21H,8H2,1H3. The number of aromatic hydroxyl groups is 1. The van der Waals surface area contributed by atoms with E-state index in [0.717, 1.165) is 11.6 Å². The number of hydrogen-bond acceptors (Lipinski definition) is 2. The van der Waals surface area contributed by atoms with Crippen molar-refractivity contribution in [1.29, 1.82) is 0 Å². The average molecular weight is 316 g/mol. The molecule has 0 saturated carbocycles. The lowest BCUT2D eigenvalue weighted by Gasteiger charge is -2.14. The van der Waals surface area contributed by atoms with Crippen molar-refractivity contribution in [1.82, 2.24) is 0 Å². The number of hydrogen-bond donors (Lipinski definition) is 2. The molecule has 21 heavy (non-hydrogen) atoms. The predicted molar refractivity (Wildman–Crippen MR) is 76.6 cm³/mol. The summed E-state index contributed by atoms with van der Waals surface area (Å²) in [5, 5.41) is 12.3. The molecule has 0 radical (unpaired) electrons. The molecule has 0 unspecified atom stereocenters. The van der Waals surface area contributed by atoms with Crippen molar-refractivity contribution in [3.8, 4) is 5.75 Å². The molecule has 2 aromatic rings. The maximum Gasteiger partial charge on any atom is 0.417 e. The summed E-state index contributed by atoms with van der Waals surface area (Å²) >= 11 is 5.56. The van der Waals surface area contributed by atoms with Crippen LogP contribution in [0, 0.1) is 6.92 Å². The lowest BCUT2D eigenvalue weighted by atomic mass is 10.1. The Hall–Kier alpha value is -1.88. The van der Waals surface area contributed by atoms with Gasteiger partial charge in [0.05, 0.1) is 10.6 Å². The predicted octanol–water partition coefficient (Wildman–Crippen LogP) is 4.98. The minimum absolute atomic E-state index is 0.104. The number of rotatable bonds is 3. The number of benzene rings is 2. The van der Waals surface area contributed by atoms with Crippen LogP contribution in [-0.2, 0) is 12.7 Å². The molecule has 2 N–H and O–H groups in total. The molecule has 0 saturated heterocycles. The van der Waals surface area contributed by atoms with Gasteiger partial charge in [0.15, 0.2) is 0 Å². The number of nitrogens with one attached hydrogen (secondary N) is 1. The van der Waals surface area contributed by atoms with E-state index in [0.29, 0.717) is 5.56 Å². The Morgan fingerprint density at radius 2 is 1.90 bits per heavy atom. The van der Waals surface area contributed by atoms with Crippen molar-refractivity contribution in [2.45, 2.75) is 19.6 Å². The molecule has 0 aliphatic heterocycles. The Balaban J connectivity index is 2.22. The van der Waals surface area contributed by atoms with Crippen LogP contribution in [0.3, 0.4) is 0 Å². The SMILES string of the molecule is Cc1cccc(O)c1CNc1ccc(Cl)c(C(F)(F)F)c1. The van der Waals surface area contributed by atoms with Gasteiger partial charge in [0, 0.05) is 17.8 Å². The Bertz CT molecular complexity index is 636. The van der Waals surface area contributed by atoms with Gasteiger partial charge in [-0.2, -0.15) is 13.2 Å². The molecule has 0 amide bonds. The van der Waals surface area contributed by atoms with E-state index in [4.69, 9.17) is 11.6 Å². The average Bonchev–Trinajstić information content (AvgIpc) is 2.38. The molecule has 0 atom stereocenters. The topological polar surface area (TPSA) is 32.3 Å². The zero-order valence-electron chi connectivity index (χ0n) is 11.1. The second-order valence-electron chi connectivity index (χ2n) is 4.62. The van der Waals surface area contributed by atoms with Gasteiger partial charge in [0.2, 0.25) is 0 Å². The van der Waals surface area contributed by atoms with Crippen LogP contribution in [0.5, 0.6) is 5.75 Å². The van der Waals surface area contributed by atoms with E-state index in [1.807, 2.05) is 13.0 Å². The van der Waals surface area contributed by atoms with Crippen LogP contribution in [-0.4, -0.2) is 5.11 Å². The maximum absolute atomic E-state index is 12.8. The minimum atomic E-state index is -4.50. The van der Waals surface area contributed by atoms with Gasteiger partial charge in [-0.05, 0) is 36.8 Å². The van der Waals surface area contributed by atoms with E-state index < -0.39 is 11.7 Å². The molecule has 0 aliphatic rings. The Kier molecular flexibility index (Phi) is 4.32. The van der Waals surface area contributed by atoms with Crippen molar-refractivity contribution in [2.75, 3.05) is 5.32 Å². The van der Waals surface area contributed by atoms with E-state index in [1.54, 1.807) is 6.07 Å². The summed E-state index contributed by atoms with van der Waals surface area (Å²) in [5.74, 6) is 0.104. The van der Waals surface area contributed by atoms with Gasteiger partial charge in [-0.1, -0.05) is 23.7 Å². The lowest BCUT2D eigenvalue weighted by molar-refractivity contribution is -0.137. The Morgan fingerprint density at radius 1 is 1.19 bits per heavy atom. The number of aryl methyl sites for hydroxylation is 1. The summed E-state index contributed by atoms with van der Waals surface area (Å²) in [6, 6.07) is 8.68. The van der Waals surface area contributed by atoms with E-state index in [-0.39, 0.29) is 23.0 Å². The summed E-state index contributed by atoms with van der Waals surface area (Å²) < 4.78 is 38.3. The molecular weight excluding hydrogens is 303 g/mol. The third-order valence-corrected chi connectivity index (χ3v) is 3.46. The van der Waals surface area contributed by atoms with Gasteiger partial charge in [-0.3, -0.25) is 0 Å². The van der Waals surface area contributed by atoms with Gasteiger partial charge in [-0.15, -0.1) is 0 Å². The normalized spacial score (nSPS) is 11.5. The van der Waals surface area contributed by atoms with Gasteiger partial charge in [-0.25, -0.2) is 0 Å². The maximum atomic E-state index is 12.8. The molecule has 2 aromatic carbocycles. The molecule has 2 nitrogen and oxygen atoms in total. The minimum Gasteiger partial charge on any atom is -0.508 e. The molecule has 0 heterocycles. The number of alkyl halides is 3. The van der Waals surface area contributed by atoms with Gasteiger partial charge < -0.3 is 10.4 Å². The highest BCUT2D eigenvalue weighted by atomic mass is 35.5. The summed E-state index contributed by atoms with van der Waals surface area (Å²) in [7, 11) is 0.